The van der Waals surface area contributed by atoms with Gasteiger partial charge in [-0.25, -0.2) is 0 Å². The van der Waals surface area contributed by atoms with E-state index in [1.54, 1.807) is 55.6 Å². The van der Waals surface area contributed by atoms with Gasteiger partial charge < -0.3 is 20.5 Å². The Morgan fingerprint density at radius 2 is 1.67 bits per heavy atom. The standard InChI is InChI=1S/C20H21N5O5/c1-30-17-8-6-14(7-9-17)19(28)22-11-13-2-4-15(5-3-13)20(29)24-16(10-18(26)27)12-23-25-21/h2-9,16H,10-12H2,1H3,(H,22,28)(H,24,29)(H,26,27)/t16-/m0/s1. The van der Waals surface area contributed by atoms with Crippen LogP contribution in [-0.2, 0) is 11.3 Å². The normalized spacial score (nSPS) is 11.0. The van der Waals surface area contributed by atoms with E-state index in [1.807, 2.05) is 0 Å². The van der Waals surface area contributed by atoms with Gasteiger partial charge in [0.25, 0.3) is 11.8 Å². The number of carboxylic acid groups (broad SMARTS) is 1. The molecule has 2 amide bonds. The quantitative estimate of drug-likeness (QED) is 0.311. The smallest absolute Gasteiger partial charge is 0.305 e. The van der Waals surface area contributed by atoms with Gasteiger partial charge in [-0.15, -0.1) is 0 Å². The minimum atomic E-state index is -1.11. The number of rotatable bonds is 10. The summed E-state index contributed by atoms with van der Waals surface area (Å²) in [4.78, 5) is 37.9. The minimum Gasteiger partial charge on any atom is -0.497 e. The maximum atomic E-state index is 12.3. The van der Waals surface area contributed by atoms with E-state index in [-0.39, 0.29) is 25.4 Å². The zero-order valence-electron chi connectivity index (χ0n) is 16.2. The predicted molar refractivity (Wildman–Crippen MR) is 108 cm³/mol. The maximum Gasteiger partial charge on any atom is 0.305 e. The van der Waals surface area contributed by atoms with E-state index in [2.05, 4.69) is 20.7 Å². The van der Waals surface area contributed by atoms with E-state index < -0.39 is 17.9 Å². The van der Waals surface area contributed by atoms with Crippen molar-refractivity contribution in [2.75, 3.05) is 13.7 Å². The Morgan fingerprint density at radius 1 is 1.07 bits per heavy atom. The zero-order valence-corrected chi connectivity index (χ0v) is 16.2. The summed E-state index contributed by atoms with van der Waals surface area (Å²) in [5.74, 6) is -1.18. The van der Waals surface area contributed by atoms with Crippen molar-refractivity contribution in [3.8, 4) is 5.75 Å². The molecule has 10 heteroatoms. The monoisotopic (exact) mass is 411 g/mol. The first kappa shape index (κ1) is 22.3. The molecule has 0 saturated heterocycles. The van der Waals surface area contributed by atoms with Crippen molar-refractivity contribution in [1.29, 1.82) is 0 Å². The van der Waals surface area contributed by atoms with Crippen LogP contribution in [-0.4, -0.2) is 42.6 Å². The van der Waals surface area contributed by atoms with Crippen LogP contribution in [0.4, 0.5) is 0 Å². The van der Waals surface area contributed by atoms with E-state index in [4.69, 9.17) is 15.4 Å². The number of carbonyl (C=O) groups is 3. The van der Waals surface area contributed by atoms with Crippen LogP contribution < -0.4 is 15.4 Å². The first-order valence-corrected chi connectivity index (χ1v) is 8.97. The number of methoxy groups -OCH3 is 1. The van der Waals surface area contributed by atoms with Crippen molar-refractivity contribution in [3.63, 3.8) is 0 Å². The molecule has 0 unspecified atom stereocenters. The van der Waals surface area contributed by atoms with Crippen molar-refractivity contribution < 1.29 is 24.2 Å². The number of azide groups is 1. The number of nitrogens with zero attached hydrogens (tertiary/aromatic N) is 3. The van der Waals surface area contributed by atoms with Gasteiger partial charge in [0.2, 0.25) is 0 Å². The van der Waals surface area contributed by atoms with Gasteiger partial charge in [0.1, 0.15) is 5.75 Å². The summed E-state index contributed by atoms with van der Waals surface area (Å²) >= 11 is 0. The lowest BCUT2D eigenvalue weighted by Crippen LogP contribution is -2.38. The van der Waals surface area contributed by atoms with Crippen LogP contribution in [0.5, 0.6) is 5.75 Å². The number of benzene rings is 2. The Balaban J connectivity index is 1.92. The van der Waals surface area contributed by atoms with E-state index in [1.165, 1.54) is 0 Å². The lowest BCUT2D eigenvalue weighted by Gasteiger charge is -2.14. The average Bonchev–Trinajstić information content (AvgIpc) is 2.75. The lowest BCUT2D eigenvalue weighted by atomic mass is 10.1. The number of hydrogen-bond acceptors (Lipinski definition) is 5. The summed E-state index contributed by atoms with van der Waals surface area (Å²) in [6.07, 6.45) is -0.361. The van der Waals surface area contributed by atoms with Gasteiger partial charge in [0.15, 0.2) is 0 Å². The number of ether oxygens (including phenoxy) is 1. The molecule has 2 aromatic carbocycles. The lowest BCUT2D eigenvalue weighted by molar-refractivity contribution is -0.137. The van der Waals surface area contributed by atoms with Crippen molar-refractivity contribution in [2.45, 2.75) is 19.0 Å². The third-order valence-electron chi connectivity index (χ3n) is 4.14. The summed E-state index contributed by atoms with van der Waals surface area (Å²) in [5.41, 5.74) is 9.97. The Bertz CT molecular complexity index is 933. The Kier molecular flexibility index (Phi) is 8.22. The number of nitrogens with one attached hydrogen (secondary N) is 2. The number of carbonyl (C=O) groups excluding carboxylic acids is 2. The third kappa shape index (κ3) is 6.84. The molecule has 0 radical (unpaired) electrons. The van der Waals surface area contributed by atoms with Gasteiger partial charge in [0.05, 0.1) is 13.5 Å². The first-order valence-electron chi connectivity index (χ1n) is 8.97. The van der Waals surface area contributed by atoms with Crippen molar-refractivity contribution in [3.05, 3.63) is 75.7 Å². The molecule has 0 aliphatic rings. The summed E-state index contributed by atoms with van der Waals surface area (Å²) in [5, 5.41) is 17.5. The molecule has 0 bridgehead atoms. The number of amides is 2. The molecule has 30 heavy (non-hydrogen) atoms. The molecular weight excluding hydrogens is 390 g/mol. The molecule has 2 rings (SSSR count). The van der Waals surface area contributed by atoms with Crippen molar-refractivity contribution in [2.24, 2.45) is 5.11 Å². The van der Waals surface area contributed by atoms with E-state index in [9.17, 15) is 14.4 Å². The molecular formula is C20H21N5O5. The van der Waals surface area contributed by atoms with Crippen LogP contribution in [0, 0.1) is 0 Å². The molecule has 10 nitrogen and oxygen atoms in total. The largest absolute Gasteiger partial charge is 0.497 e. The summed E-state index contributed by atoms with van der Waals surface area (Å²) in [6.45, 7) is 0.106. The Hall–Kier alpha value is -4.04. The van der Waals surface area contributed by atoms with Crippen LogP contribution in [0.2, 0.25) is 0 Å². The molecule has 1 atom stereocenters. The van der Waals surface area contributed by atoms with Crippen LogP contribution in [0.25, 0.3) is 10.4 Å². The molecule has 0 aromatic heterocycles. The molecule has 2 aromatic rings. The second kappa shape index (κ2) is 11.1. The number of aliphatic carboxylic acids is 1. The van der Waals surface area contributed by atoms with Gasteiger partial charge in [0, 0.05) is 35.2 Å². The van der Waals surface area contributed by atoms with Gasteiger partial charge in [-0.2, -0.15) is 0 Å². The highest BCUT2D eigenvalue weighted by atomic mass is 16.5. The van der Waals surface area contributed by atoms with Gasteiger partial charge in [-0.1, -0.05) is 17.2 Å². The van der Waals surface area contributed by atoms with Crippen LogP contribution in [0.1, 0.15) is 32.7 Å². The van der Waals surface area contributed by atoms with E-state index in [0.717, 1.165) is 5.56 Å². The average molecular weight is 411 g/mol. The summed E-state index contributed by atoms with van der Waals surface area (Å²) in [7, 11) is 1.55. The third-order valence-corrected chi connectivity index (χ3v) is 4.14. The molecule has 0 aliphatic heterocycles. The fourth-order valence-electron chi connectivity index (χ4n) is 2.58. The van der Waals surface area contributed by atoms with Crippen LogP contribution in [0.3, 0.4) is 0 Å². The van der Waals surface area contributed by atoms with Crippen molar-refractivity contribution >= 4 is 17.8 Å². The molecule has 0 heterocycles. The highest BCUT2D eigenvalue weighted by molar-refractivity contribution is 5.95. The number of carboxylic acids is 1. The second-order valence-corrected chi connectivity index (χ2v) is 6.29. The summed E-state index contributed by atoms with van der Waals surface area (Å²) in [6, 6.07) is 12.4. The van der Waals surface area contributed by atoms with Crippen molar-refractivity contribution in [1.82, 2.24) is 10.6 Å². The predicted octanol–water partition coefficient (Wildman–Crippen LogP) is 2.51. The molecule has 0 saturated carbocycles. The second-order valence-electron chi connectivity index (χ2n) is 6.29. The number of hydrogen-bond donors (Lipinski definition) is 3. The highest BCUT2D eigenvalue weighted by Crippen LogP contribution is 2.11. The SMILES string of the molecule is COc1ccc(C(=O)NCc2ccc(C(=O)N[C@H](CN=[N+]=[N-])CC(=O)O)cc2)cc1. The Labute approximate surface area is 172 Å². The Morgan fingerprint density at radius 3 is 2.23 bits per heavy atom. The van der Waals surface area contributed by atoms with Gasteiger partial charge in [-0.3, -0.25) is 14.4 Å². The molecule has 3 N–H and O–H groups in total. The fraction of sp³-hybridized carbons (Fsp3) is 0.250. The van der Waals surface area contributed by atoms with Crippen LogP contribution >= 0.6 is 0 Å². The van der Waals surface area contributed by atoms with E-state index >= 15 is 0 Å². The molecule has 0 fully saturated rings. The van der Waals surface area contributed by atoms with Gasteiger partial charge >= 0.3 is 5.97 Å². The van der Waals surface area contributed by atoms with Crippen LogP contribution in [0.15, 0.2) is 53.6 Å². The zero-order chi connectivity index (χ0) is 21.9. The fourth-order valence-corrected chi connectivity index (χ4v) is 2.58. The molecule has 0 aliphatic carbocycles. The maximum absolute atomic E-state index is 12.3. The highest BCUT2D eigenvalue weighted by Gasteiger charge is 2.16. The summed E-state index contributed by atoms with van der Waals surface area (Å²) < 4.78 is 5.06. The minimum absolute atomic E-state index is 0.163. The van der Waals surface area contributed by atoms with Gasteiger partial charge in [-0.05, 0) is 47.5 Å². The molecule has 0 spiro atoms. The molecule has 156 valence electrons. The first-order chi connectivity index (χ1) is 14.4. The topological polar surface area (TPSA) is 153 Å². The van der Waals surface area contributed by atoms with E-state index in [0.29, 0.717) is 16.9 Å².